The summed E-state index contributed by atoms with van der Waals surface area (Å²) in [6, 6.07) is 3.73. The summed E-state index contributed by atoms with van der Waals surface area (Å²) in [4.78, 5) is 20.4. The Hall–Kier alpha value is -1.62. The predicted molar refractivity (Wildman–Crippen MR) is 78.9 cm³/mol. The molecule has 110 valence electrons. The van der Waals surface area contributed by atoms with Gasteiger partial charge >= 0.3 is 0 Å². The number of anilines is 1. The van der Waals surface area contributed by atoms with Gasteiger partial charge in [0.05, 0.1) is 6.10 Å². The van der Waals surface area contributed by atoms with Gasteiger partial charge < -0.3 is 14.9 Å². The van der Waals surface area contributed by atoms with Crippen LogP contribution >= 0.6 is 0 Å². The number of aromatic nitrogens is 1. The minimum atomic E-state index is -0.279. The van der Waals surface area contributed by atoms with Crippen molar-refractivity contribution in [1.29, 1.82) is 0 Å². The van der Waals surface area contributed by atoms with Crippen molar-refractivity contribution in [3.8, 4) is 0 Å². The summed E-state index contributed by atoms with van der Waals surface area (Å²) in [5, 5.41) is 9.75. The molecule has 2 heterocycles. The van der Waals surface area contributed by atoms with Crippen LogP contribution in [0.1, 0.15) is 37.2 Å². The first kappa shape index (κ1) is 14.8. The van der Waals surface area contributed by atoms with Crippen LogP contribution in [0.4, 0.5) is 5.69 Å². The molecule has 0 saturated carbocycles. The first-order valence-corrected chi connectivity index (χ1v) is 7.34. The van der Waals surface area contributed by atoms with E-state index >= 15 is 0 Å². The molecule has 0 spiro atoms. The quantitative estimate of drug-likeness (QED) is 0.906. The average Bonchev–Trinajstić information content (AvgIpc) is 2.48. The first-order valence-electron chi connectivity index (χ1n) is 7.34. The maximum Gasteiger partial charge on any atom is 0.272 e. The van der Waals surface area contributed by atoms with Crippen molar-refractivity contribution in [3.05, 3.63) is 24.0 Å². The fourth-order valence-electron chi connectivity index (χ4n) is 2.60. The lowest BCUT2D eigenvalue weighted by Crippen LogP contribution is -2.38. The summed E-state index contributed by atoms with van der Waals surface area (Å²) in [7, 11) is 0. The van der Waals surface area contributed by atoms with Crippen LogP contribution < -0.4 is 4.90 Å². The van der Waals surface area contributed by atoms with Crippen LogP contribution in [0, 0.1) is 0 Å². The third-order valence-electron chi connectivity index (χ3n) is 3.77. The number of carbonyl (C=O) groups excluding carboxylic acids is 1. The maximum atomic E-state index is 12.3. The van der Waals surface area contributed by atoms with Crippen molar-refractivity contribution >= 4 is 11.6 Å². The van der Waals surface area contributed by atoms with Crippen LogP contribution in [-0.4, -0.2) is 53.2 Å². The second-order valence-corrected chi connectivity index (χ2v) is 5.12. The Bertz CT molecular complexity index is 460. The fraction of sp³-hybridized carbons (Fsp3) is 0.600. The number of rotatable bonds is 4. The largest absolute Gasteiger partial charge is 0.391 e. The third kappa shape index (κ3) is 3.28. The van der Waals surface area contributed by atoms with Crippen molar-refractivity contribution in [1.82, 2.24) is 9.88 Å². The Balaban J connectivity index is 2.17. The second kappa shape index (κ2) is 6.70. The van der Waals surface area contributed by atoms with Crippen LogP contribution in [0.3, 0.4) is 0 Å². The lowest BCUT2D eigenvalue weighted by atomic mass is 10.1. The molecule has 1 aromatic rings. The molecule has 5 nitrogen and oxygen atoms in total. The van der Waals surface area contributed by atoms with Gasteiger partial charge in [0.25, 0.3) is 5.91 Å². The Morgan fingerprint density at radius 2 is 2.25 bits per heavy atom. The van der Waals surface area contributed by atoms with Crippen molar-refractivity contribution in [2.75, 3.05) is 31.1 Å². The van der Waals surface area contributed by atoms with Gasteiger partial charge in [-0.3, -0.25) is 9.78 Å². The van der Waals surface area contributed by atoms with Crippen molar-refractivity contribution in [2.45, 2.75) is 32.8 Å². The average molecular weight is 277 g/mol. The first-order chi connectivity index (χ1) is 9.65. The van der Waals surface area contributed by atoms with Crippen LogP contribution in [-0.2, 0) is 0 Å². The molecule has 0 bridgehead atoms. The molecule has 1 atom stereocenters. The second-order valence-electron chi connectivity index (χ2n) is 5.12. The number of aliphatic hydroxyl groups excluding tert-OH is 1. The monoisotopic (exact) mass is 277 g/mol. The van der Waals surface area contributed by atoms with Crippen LogP contribution in [0.15, 0.2) is 18.3 Å². The van der Waals surface area contributed by atoms with E-state index in [4.69, 9.17) is 0 Å². The molecule has 0 aliphatic carbocycles. The highest BCUT2D eigenvalue weighted by Crippen LogP contribution is 2.20. The van der Waals surface area contributed by atoms with Gasteiger partial charge in [-0.1, -0.05) is 0 Å². The zero-order chi connectivity index (χ0) is 14.5. The molecule has 5 heteroatoms. The van der Waals surface area contributed by atoms with E-state index in [-0.39, 0.29) is 12.0 Å². The van der Waals surface area contributed by atoms with Gasteiger partial charge in [-0.05, 0) is 38.8 Å². The SMILES string of the molecule is CCN(CC)C(=O)c1cc(N2CCC[C@H](O)C2)ccn1. The summed E-state index contributed by atoms with van der Waals surface area (Å²) in [5.74, 6) is -0.0330. The van der Waals surface area contributed by atoms with E-state index in [9.17, 15) is 9.90 Å². The van der Waals surface area contributed by atoms with E-state index in [1.165, 1.54) is 0 Å². The molecule has 1 aliphatic rings. The maximum absolute atomic E-state index is 12.3. The van der Waals surface area contributed by atoms with E-state index in [1.54, 1.807) is 11.1 Å². The number of hydrogen-bond acceptors (Lipinski definition) is 4. The molecule has 0 aromatic carbocycles. The fourth-order valence-corrected chi connectivity index (χ4v) is 2.60. The Morgan fingerprint density at radius 1 is 1.50 bits per heavy atom. The zero-order valence-corrected chi connectivity index (χ0v) is 12.2. The van der Waals surface area contributed by atoms with Crippen LogP contribution in [0.25, 0.3) is 0 Å². The number of carbonyl (C=O) groups is 1. The summed E-state index contributed by atoms with van der Waals surface area (Å²) in [5.41, 5.74) is 1.44. The highest BCUT2D eigenvalue weighted by atomic mass is 16.3. The van der Waals surface area contributed by atoms with E-state index in [0.29, 0.717) is 25.3 Å². The lowest BCUT2D eigenvalue weighted by molar-refractivity contribution is 0.0767. The number of pyridine rings is 1. The molecule has 0 radical (unpaired) electrons. The molecule has 1 saturated heterocycles. The number of amides is 1. The summed E-state index contributed by atoms with van der Waals surface area (Å²) in [6.07, 6.45) is 3.22. The lowest BCUT2D eigenvalue weighted by Gasteiger charge is -2.32. The molecule has 20 heavy (non-hydrogen) atoms. The minimum Gasteiger partial charge on any atom is -0.391 e. The predicted octanol–water partition coefficient (Wildman–Crippen LogP) is 1.52. The van der Waals surface area contributed by atoms with E-state index in [0.717, 1.165) is 25.1 Å². The van der Waals surface area contributed by atoms with Gasteiger partial charge in [-0.2, -0.15) is 0 Å². The normalized spacial score (nSPS) is 18.9. The number of β-amino-alcohol motifs (C(OH)–C–C–N with tert-alkyl or cyclic N) is 1. The summed E-state index contributed by atoms with van der Waals surface area (Å²) < 4.78 is 0. The molecule has 2 rings (SSSR count). The van der Waals surface area contributed by atoms with Gasteiger partial charge in [0.1, 0.15) is 5.69 Å². The molecular weight excluding hydrogens is 254 g/mol. The Labute approximate surface area is 120 Å². The Kier molecular flexibility index (Phi) is 4.95. The standard InChI is InChI=1S/C15H23N3O2/c1-3-17(4-2)15(20)14-10-12(7-8-16-14)18-9-5-6-13(19)11-18/h7-8,10,13,19H,3-6,9,11H2,1-2H3/t13-/m0/s1. The van der Waals surface area contributed by atoms with E-state index < -0.39 is 0 Å². The summed E-state index contributed by atoms with van der Waals surface area (Å²) in [6.45, 7) is 6.84. The molecule has 0 unspecified atom stereocenters. The van der Waals surface area contributed by atoms with Gasteiger partial charge in [-0.15, -0.1) is 0 Å². The molecular formula is C15H23N3O2. The Morgan fingerprint density at radius 3 is 2.90 bits per heavy atom. The topological polar surface area (TPSA) is 56.7 Å². The summed E-state index contributed by atoms with van der Waals surface area (Å²) >= 11 is 0. The number of nitrogens with zero attached hydrogens (tertiary/aromatic N) is 3. The van der Waals surface area contributed by atoms with Gasteiger partial charge in [0.2, 0.25) is 0 Å². The molecule has 1 N–H and O–H groups in total. The molecule has 1 fully saturated rings. The molecule has 1 aliphatic heterocycles. The van der Waals surface area contributed by atoms with E-state index in [1.807, 2.05) is 26.0 Å². The van der Waals surface area contributed by atoms with Crippen molar-refractivity contribution in [2.24, 2.45) is 0 Å². The van der Waals surface area contributed by atoms with Crippen molar-refractivity contribution in [3.63, 3.8) is 0 Å². The van der Waals surface area contributed by atoms with Crippen LogP contribution in [0.5, 0.6) is 0 Å². The van der Waals surface area contributed by atoms with Gasteiger partial charge in [-0.25, -0.2) is 0 Å². The van der Waals surface area contributed by atoms with Crippen molar-refractivity contribution < 1.29 is 9.90 Å². The molecule has 1 aromatic heterocycles. The molecule has 1 amide bonds. The van der Waals surface area contributed by atoms with Crippen LogP contribution in [0.2, 0.25) is 0 Å². The van der Waals surface area contributed by atoms with Gasteiger partial charge in [0, 0.05) is 38.1 Å². The number of aliphatic hydroxyl groups is 1. The minimum absolute atomic E-state index is 0.0330. The smallest absolute Gasteiger partial charge is 0.272 e. The highest BCUT2D eigenvalue weighted by Gasteiger charge is 2.20. The zero-order valence-electron chi connectivity index (χ0n) is 12.2. The third-order valence-corrected chi connectivity index (χ3v) is 3.77. The van der Waals surface area contributed by atoms with E-state index in [2.05, 4.69) is 9.88 Å². The number of hydrogen-bond donors (Lipinski definition) is 1. The number of piperidine rings is 1. The highest BCUT2D eigenvalue weighted by molar-refractivity contribution is 5.93. The van der Waals surface area contributed by atoms with Gasteiger partial charge in [0.15, 0.2) is 0 Å².